The van der Waals surface area contributed by atoms with E-state index in [0.29, 0.717) is 5.92 Å². The number of benzene rings is 1. The molecule has 2 N–H and O–H groups in total. The summed E-state index contributed by atoms with van der Waals surface area (Å²) in [6.45, 7) is 4.61. The Morgan fingerprint density at radius 1 is 1.33 bits per heavy atom. The van der Waals surface area contributed by atoms with Crippen LogP contribution in [-0.4, -0.2) is 31.7 Å². The number of hydrogen-bond acceptors (Lipinski definition) is 3. The Morgan fingerprint density at radius 2 is 2.10 bits per heavy atom. The van der Waals surface area contributed by atoms with E-state index >= 15 is 0 Å². The van der Waals surface area contributed by atoms with Gasteiger partial charge in [-0.2, -0.15) is 0 Å². The van der Waals surface area contributed by atoms with Crippen LogP contribution in [0.4, 0.5) is 0 Å². The number of amides is 1. The zero-order valence-corrected chi connectivity index (χ0v) is 12.6. The summed E-state index contributed by atoms with van der Waals surface area (Å²) in [6.07, 6.45) is 3.07. The molecule has 1 saturated heterocycles. The second-order valence-corrected chi connectivity index (χ2v) is 6.08. The van der Waals surface area contributed by atoms with Crippen molar-refractivity contribution >= 4 is 5.91 Å². The first-order valence-electron chi connectivity index (χ1n) is 7.95. The maximum atomic E-state index is 12.6. The van der Waals surface area contributed by atoms with Gasteiger partial charge in [-0.1, -0.05) is 24.3 Å². The fraction of sp³-hybridized carbons (Fsp3) is 0.588. The van der Waals surface area contributed by atoms with Gasteiger partial charge < -0.3 is 15.4 Å². The summed E-state index contributed by atoms with van der Waals surface area (Å²) in [5.41, 5.74) is 2.41. The van der Waals surface area contributed by atoms with E-state index in [2.05, 4.69) is 29.7 Å². The minimum absolute atomic E-state index is 0.0983. The van der Waals surface area contributed by atoms with Crippen molar-refractivity contribution in [2.45, 2.75) is 38.3 Å². The summed E-state index contributed by atoms with van der Waals surface area (Å²) < 4.78 is 5.39. The maximum Gasteiger partial charge on any atom is 0.241 e. The summed E-state index contributed by atoms with van der Waals surface area (Å²) >= 11 is 0. The molecule has 2 unspecified atom stereocenters. The molecule has 1 aromatic rings. The third-order valence-corrected chi connectivity index (χ3v) is 4.71. The lowest BCUT2D eigenvalue weighted by atomic mass is 9.91. The van der Waals surface area contributed by atoms with Crippen LogP contribution in [0.25, 0.3) is 0 Å². The van der Waals surface area contributed by atoms with Crippen molar-refractivity contribution < 1.29 is 9.53 Å². The summed E-state index contributed by atoms with van der Waals surface area (Å²) in [7, 11) is 0. The summed E-state index contributed by atoms with van der Waals surface area (Å²) in [5.74, 6) is 0.627. The van der Waals surface area contributed by atoms with Crippen molar-refractivity contribution in [1.29, 1.82) is 0 Å². The molecule has 1 aromatic carbocycles. The molecule has 1 fully saturated rings. The van der Waals surface area contributed by atoms with Gasteiger partial charge in [0, 0.05) is 25.8 Å². The Labute approximate surface area is 126 Å². The second kappa shape index (κ2) is 6.58. The monoisotopic (exact) mass is 288 g/mol. The molecular formula is C17H24N2O2. The number of ether oxygens (including phenoxy) is 1. The lowest BCUT2D eigenvalue weighted by molar-refractivity contribution is -0.124. The second-order valence-electron chi connectivity index (χ2n) is 6.08. The van der Waals surface area contributed by atoms with E-state index in [4.69, 9.17) is 4.74 Å². The SMILES string of the molecule is CC(NC(=O)C1NCCc2ccccc21)C1CCOCC1. The average Bonchev–Trinajstić information content (AvgIpc) is 2.55. The highest BCUT2D eigenvalue weighted by Crippen LogP contribution is 2.24. The summed E-state index contributed by atoms with van der Waals surface area (Å²) in [5, 5.41) is 6.55. The van der Waals surface area contributed by atoms with Crippen LogP contribution in [0.1, 0.15) is 36.9 Å². The van der Waals surface area contributed by atoms with Gasteiger partial charge in [-0.25, -0.2) is 0 Å². The highest BCUT2D eigenvalue weighted by atomic mass is 16.5. The first kappa shape index (κ1) is 14.5. The minimum Gasteiger partial charge on any atom is -0.381 e. The fourth-order valence-corrected chi connectivity index (χ4v) is 3.38. The van der Waals surface area contributed by atoms with Crippen LogP contribution in [0.3, 0.4) is 0 Å². The zero-order valence-electron chi connectivity index (χ0n) is 12.6. The Balaban J connectivity index is 1.66. The molecule has 2 heterocycles. The quantitative estimate of drug-likeness (QED) is 0.892. The van der Waals surface area contributed by atoms with Crippen molar-refractivity contribution in [3.05, 3.63) is 35.4 Å². The van der Waals surface area contributed by atoms with Crippen molar-refractivity contribution in [2.24, 2.45) is 5.92 Å². The van der Waals surface area contributed by atoms with Crippen LogP contribution in [0, 0.1) is 5.92 Å². The van der Waals surface area contributed by atoms with Crippen LogP contribution >= 0.6 is 0 Å². The molecule has 0 saturated carbocycles. The number of rotatable bonds is 3. The van der Waals surface area contributed by atoms with E-state index in [1.54, 1.807) is 0 Å². The molecule has 0 spiro atoms. The van der Waals surface area contributed by atoms with E-state index < -0.39 is 0 Å². The molecular weight excluding hydrogens is 264 g/mol. The van der Waals surface area contributed by atoms with Gasteiger partial charge in [0.15, 0.2) is 0 Å². The third-order valence-electron chi connectivity index (χ3n) is 4.71. The van der Waals surface area contributed by atoms with Crippen LogP contribution in [0.5, 0.6) is 0 Å². The molecule has 0 bridgehead atoms. The normalized spacial score (nSPS) is 24.1. The van der Waals surface area contributed by atoms with Crippen LogP contribution < -0.4 is 10.6 Å². The van der Waals surface area contributed by atoms with Gasteiger partial charge in [0.25, 0.3) is 0 Å². The largest absolute Gasteiger partial charge is 0.381 e. The van der Waals surface area contributed by atoms with E-state index in [1.165, 1.54) is 5.56 Å². The van der Waals surface area contributed by atoms with E-state index in [0.717, 1.165) is 44.6 Å². The molecule has 4 heteroatoms. The Morgan fingerprint density at radius 3 is 2.90 bits per heavy atom. The van der Waals surface area contributed by atoms with Gasteiger partial charge >= 0.3 is 0 Å². The van der Waals surface area contributed by atoms with Crippen LogP contribution in [0.2, 0.25) is 0 Å². The van der Waals surface area contributed by atoms with Gasteiger partial charge in [-0.15, -0.1) is 0 Å². The summed E-state index contributed by atoms with van der Waals surface area (Å²) in [6, 6.07) is 8.23. The smallest absolute Gasteiger partial charge is 0.241 e. The highest BCUT2D eigenvalue weighted by molar-refractivity contribution is 5.84. The van der Waals surface area contributed by atoms with E-state index in [1.807, 2.05) is 12.1 Å². The topological polar surface area (TPSA) is 50.4 Å². The van der Waals surface area contributed by atoms with Crippen LogP contribution in [-0.2, 0) is 16.0 Å². The molecule has 2 aliphatic heterocycles. The van der Waals surface area contributed by atoms with Crippen molar-refractivity contribution in [3.63, 3.8) is 0 Å². The molecule has 1 amide bonds. The number of fused-ring (bicyclic) bond motifs is 1. The number of nitrogens with one attached hydrogen (secondary N) is 2. The van der Waals surface area contributed by atoms with Crippen molar-refractivity contribution in [2.75, 3.05) is 19.8 Å². The number of carbonyl (C=O) groups is 1. The molecule has 0 aromatic heterocycles. The summed E-state index contributed by atoms with van der Waals surface area (Å²) in [4.78, 5) is 12.6. The molecule has 2 atom stereocenters. The van der Waals surface area contributed by atoms with Gasteiger partial charge in [0.1, 0.15) is 6.04 Å². The highest BCUT2D eigenvalue weighted by Gasteiger charge is 2.28. The van der Waals surface area contributed by atoms with Crippen molar-refractivity contribution in [1.82, 2.24) is 10.6 Å². The van der Waals surface area contributed by atoms with Gasteiger partial charge in [-0.3, -0.25) is 4.79 Å². The first-order valence-corrected chi connectivity index (χ1v) is 7.95. The average molecular weight is 288 g/mol. The molecule has 4 nitrogen and oxygen atoms in total. The molecule has 2 aliphatic rings. The standard InChI is InChI=1S/C17H24N2O2/c1-12(13-7-10-21-11-8-13)19-17(20)16-15-5-3-2-4-14(15)6-9-18-16/h2-5,12-13,16,18H,6-11H2,1H3,(H,19,20). The van der Waals surface area contributed by atoms with E-state index in [-0.39, 0.29) is 18.0 Å². The lowest BCUT2D eigenvalue weighted by Gasteiger charge is -2.31. The maximum absolute atomic E-state index is 12.6. The predicted octanol–water partition coefficient (Wildman–Crippen LogP) is 1.80. The number of hydrogen-bond donors (Lipinski definition) is 2. The van der Waals surface area contributed by atoms with Crippen LogP contribution in [0.15, 0.2) is 24.3 Å². The molecule has 21 heavy (non-hydrogen) atoms. The van der Waals surface area contributed by atoms with Gasteiger partial charge in [0.05, 0.1) is 0 Å². The minimum atomic E-state index is -0.211. The lowest BCUT2D eigenvalue weighted by Crippen LogP contribution is -2.47. The molecule has 0 aliphatic carbocycles. The fourth-order valence-electron chi connectivity index (χ4n) is 3.38. The van der Waals surface area contributed by atoms with Gasteiger partial charge in [-0.05, 0) is 43.2 Å². The Kier molecular flexibility index (Phi) is 4.56. The molecule has 114 valence electrons. The molecule has 0 radical (unpaired) electrons. The van der Waals surface area contributed by atoms with Gasteiger partial charge in [0.2, 0.25) is 5.91 Å². The number of carbonyl (C=O) groups excluding carboxylic acids is 1. The van der Waals surface area contributed by atoms with Crippen molar-refractivity contribution in [3.8, 4) is 0 Å². The first-order chi connectivity index (χ1) is 10.3. The Hall–Kier alpha value is -1.39. The third kappa shape index (κ3) is 3.27. The van der Waals surface area contributed by atoms with E-state index in [9.17, 15) is 4.79 Å². The molecule has 3 rings (SSSR count). The Bertz CT molecular complexity index is 497. The zero-order chi connectivity index (χ0) is 14.7. The predicted molar refractivity (Wildman–Crippen MR) is 82.0 cm³/mol.